The molecule has 0 fully saturated rings. The number of benzene rings is 2. The smallest absolute Gasteiger partial charge is 0.210 e. The van der Waals surface area contributed by atoms with Gasteiger partial charge in [0.15, 0.2) is 16.6 Å². The fraction of sp³-hybridized carbons (Fsp3) is 0.273. The number of nitrogen functional groups attached to an aromatic ring is 1. The van der Waals surface area contributed by atoms with Gasteiger partial charge < -0.3 is 25.3 Å². The average Bonchev–Trinajstić information content (AvgIpc) is 3.13. The van der Waals surface area contributed by atoms with Gasteiger partial charge in [0.25, 0.3) is 0 Å². The normalized spacial score (nSPS) is 10.6. The van der Waals surface area contributed by atoms with E-state index in [0.29, 0.717) is 27.1 Å². The molecule has 0 bridgehead atoms. The first-order chi connectivity index (χ1) is 14.4. The summed E-state index contributed by atoms with van der Waals surface area (Å²) in [5.74, 6) is 0.973. The van der Waals surface area contributed by atoms with Crippen LogP contribution in [0.3, 0.4) is 0 Å². The van der Waals surface area contributed by atoms with Crippen molar-refractivity contribution in [2.75, 3.05) is 32.4 Å². The van der Waals surface area contributed by atoms with Gasteiger partial charge in [-0.25, -0.2) is 4.98 Å². The molecule has 0 spiro atoms. The molecule has 30 heavy (non-hydrogen) atoms. The number of hydrogen-bond acceptors (Lipinski definition) is 8. The maximum absolute atomic E-state index is 13.3. The van der Waals surface area contributed by atoms with Gasteiger partial charge in [0.1, 0.15) is 10.7 Å². The summed E-state index contributed by atoms with van der Waals surface area (Å²) in [5.41, 5.74) is 9.67. The lowest BCUT2D eigenvalue weighted by Gasteiger charge is -2.14. The summed E-state index contributed by atoms with van der Waals surface area (Å²) in [6.07, 6.45) is 0.875. The van der Waals surface area contributed by atoms with E-state index >= 15 is 0 Å². The van der Waals surface area contributed by atoms with Crippen LogP contribution in [0, 0.1) is 6.92 Å². The molecule has 3 N–H and O–H groups in total. The average molecular weight is 428 g/mol. The Morgan fingerprint density at radius 3 is 2.47 bits per heavy atom. The summed E-state index contributed by atoms with van der Waals surface area (Å²) in [7, 11) is 4.49. The lowest BCUT2D eigenvalue weighted by atomic mass is 10.1. The number of rotatable bonds is 8. The van der Waals surface area contributed by atoms with E-state index in [1.807, 2.05) is 19.1 Å². The Hall–Kier alpha value is -3.26. The van der Waals surface area contributed by atoms with Gasteiger partial charge >= 0.3 is 0 Å². The molecule has 0 amide bonds. The van der Waals surface area contributed by atoms with Gasteiger partial charge in [-0.3, -0.25) is 4.79 Å². The molecule has 158 valence electrons. The lowest BCUT2D eigenvalue weighted by molar-refractivity contribution is 0.103. The van der Waals surface area contributed by atoms with Gasteiger partial charge in [-0.05, 0) is 36.6 Å². The van der Waals surface area contributed by atoms with Crippen LogP contribution in [0.25, 0.3) is 0 Å². The molecule has 2 aromatic carbocycles. The van der Waals surface area contributed by atoms with Crippen molar-refractivity contribution in [3.8, 4) is 17.2 Å². The molecule has 1 heterocycles. The summed E-state index contributed by atoms with van der Waals surface area (Å²) in [6.45, 7) is 4.12. The highest BCUT2D eigenvalue weighted by Gasteiger charge is 2.25. The second kappa shape index (κ2) is 9.04. The van der Waals surface area contributed by atoms with Gasteiger partial charge in [-0.15, -0.1) is 0 Å². The second-order valence-electron chi connectivity index (χ2n) is 6.53. The Morgan fingerprint density at radius 1 is 1.10 bits per heavy atom. The Morgan fingerprint density at radius 2 is 1.83 bits per heavy atom. The van der Waals surface area contributed by atoms with Crippen molar-refractivity contribution in [1.82, 2.24) is 4.98 Å². The number of carbonyl (C=O) groups is 1. The molecule has 0 atom stereocenters. The van der Waals surface area contributed by atoms with Gasteiger partial charge in [-0.1, -0.05) is 36.5 Å². The first-order valence-corrected chi connectivity index (χ1v) is 10.2. The van der Waals surface area contributed by atoms with E-state index in [2.05, 4.69) is 23.3 Å². The number of para-hydroxylation sites is 1. The van der Waals surface area contributed by atoms with E-state index in [4.69, 9.17) is 19.9 Å². The molecule has 0 radical (unpaired) electrons. The van der Waals surface area contributed by atoms with Gasteiger partial charge in [0.05, 0.1) is 26.9 Å². The Kier molecular flexibility index (Phi) is 6.47. The lowest BCUT2D eigenvalue weighted by Crippen LogP contribution is -2.06. The topological polar surface area (TPSA) is 95.7 Å². The quantitative estimate of drug-likeness (QED) is 0.507. The molecule has 0 saturated carbocycles. The summed E-state index contributed by atoms with van der Waals surface area (Å²) >= 11 is 1.20. The van der Waals surface area contributed by atoms with Gasteiger partial charge in [-0.2, -0.15) is 0 Å². The minimum atomic E-state index is -0.295. The highest BCUT2D eigenvalue weighted by molar-refractivity contribution is 7.18. The van der Waals surface area contributed by atoms with Crippen LogP contribution in [0.2, 0.25) is 0 Å². The Bertz CT molecular complexity index is 1080. The van der Waals surface area contributed by atoms with Crippen molar-refractivity contribution in [1.29, 1.82) is 0 Å². The second-order valence-corrected chi connectivity index (χ2v) is 7.53. The first kappa shape index (κ1) is 21.4. The van der Waals surface area contributed by atoms with E-state index in [1.165, 1.54) is 38.2 Å². The SMILES string of the molecule is CCc1cccc(C)c1Nc1nc(N)c(C(=O)c2ccc(OC)c(OC)c2OC)s1. The van der Waals surface area contributed by atoms with Crippen LogP contribution in [-0.2, 0) is 6.42 Å². The maximum Gasteiger partial charge on any atom is 0.210 e. The molecule has 1 aromatic heterocycles. The number of hydrogen-bond donors (Lipinski definition) is 2. The zero-order chi connectivity index (χ0) is 21.8. The first-order valence-electron chi connectivity index (χ1n) is 9.40. The molecular formula is C22H25N3O4S. The van der Waals surface area contributed by atoms with Crippen LogP contribution >= 0.6 is 11.3 Å². The zero-order valence-electron chi connectivity index (χ0n) is 17.7. The van der Waals surface area contributed by atoms with Crippen LogP contribution in [0.15, 0.2) is 30.3 Å². The molecular weight excluding hydrogens is 402 g/mol. The summed E-state index contributed by atoms with van der Waals surface area (Å²) in [5, 5.41) is 3.88. The monoisotopic (exact) mass is 427 g/mol. The molecule has 0 aliphatic carbocycles. The molecule has 3 rings (SSSR count). The third-order valence-electron chi connectivity index (χ3n) is 4.78. The van der Waals surface area contributed by atoms with Crippen LogP contribution in [0.5, 0.6) is 17.2 Å². The molecule has 7 nitrogen and oxygen atoms in total. The molecule has 8 heteroatoms. The number of nitrogens with one attached hydrogen (secondary N) is 1. The molecule has 0 aliphatic rings. The number of methoxy groups -OCH3 is 3. The van der Waals surface area contributed by atoms with E-state index in [0.717, 1.165) is 17.7 Å². The van der Waals surface area contributed by atoms with Crippen molar-refractivity contribution in [2.24, 2.45) is 0 Å². The van der Waals surface area contributed by atoms with Crippen LogP contribution in [-0.4, -0.2) is 32.1 Å². The minimum Gasteiger partial charge on any atom is -0.493 e. The van der Waals surface area contributed by atoms with E-state index in [-0.39, 0.29) is 17.4 Å². The Labute approximate surface area is 179 Å². The van der Waals surface area contributed by atoms with Gasteiger partial charge in [0, 0.05) is 5.69 Å². The predicted molar refractivity (Wildman–Crippen MR) is 120 cm³/mol. The summed E-state index contributed by atoms with van der Waals surface area (Å²) in [4.78, 5) is 18.0. The third kappa shape index (κ3) is 3.91. The summed E-state index contributed by atoms with van der Waals surface area (Å²) < 4.78 is 16.1. The van der Waals surface area contributed by atoms with Crippen LogP contribution in [0.1, 0.15) is 33.3 Å². The summed E-state index contributed by atoms with van der Waals surface area (Å²) in [6, 6.07) is 9.40. The number of carbonyl (C=O) groups excluding carboxylic acids is 1. The third-order valence-corrected chi connectivity index (χ3v) is 5.77. The maximum atomic E-state index is 13.3. The number of ether oxygens (including phenoxy) is 3. The number of aromatic nitrogens is 1. The number of ketones is 1. The van der Waals surface area contributed by atoms with E-state index < -0.39 is 0 Å². The van der Waals surface area contributed by atoms with Crippen LogP contribution in [0.4, 0.5) is 16.6 Å². The number of aryl methyl sites for hydroxylation is 2. The number of nitrogens with two attached hydrogens (primary N) is 1. The highest BCUT2D eigenvalue weighted by atomic mass is 32.1. The van der Waals surface area contributed by atoms with E-state index in [1.54, 1.807) is 12.1 Å². The van der Waals surface area contributed by atoms with Crippen molar-refractivity contribution in [3.63, 3.8) is 0 Å². The van der Waals surface area contributed by atoms with E-state index in [9.17, 15) is 4.79 Å². The van der Waals surface area contributed by atoms with Crippen molar-refractivity contribution < 1.29 is 19.0 Å². The highest BCUT2D eigenvalue weighted by Crippen LogP contribution is 2.42. The fourth-order valence-corrected chi connectivity index (χ4v) is 4.10. The molecule has 3 aromatic rings. The predicted octanol–water partition coefficient (Wildman–Crippen LogP) is 4.60. The van der Waals surface area contributed by atoms with Crippen molar-refractivity contribution >= 4 is 33.8 Å². The molecule has 0 unspecified atom stereocenters. The molecule has 0 aliphatic heterocycles. The fourth-order valence-electron chi connectivity index (χ4n) is 3.26. The zero-order valence-corrected chi connectivity index (χ0v) is 18.5. The number of anilines is 3. The minimum absolute atomic E-state index is 0.163. The van der Waals surface area contributed by atoms with Crippen molar-refractivity contribution in [3.05, 3.63) is 51.9 Å². The van der Waals surface area contributed by atoms with Crippen molar-refractivity contribution in [2.45, 2.75) is 20.3 Å². The Balaban J connectivity index is 1.99. The standard InChI is InChI=1S/C22H25N3O4S/c1-6-13-9-7-8-12(2)16(13)24-22-25-21(23)20(30-22)17(26)14-10-11-15(27-3)19(29-5)18(14)28-4/h7-11H,6,23H2,1-5H3,(H,24,25). The number of thiazole rings is 1. The van der Waals surface area contributed by atoms with Gasteiger partial charge in [0.2, 0.25) is 11.5 Å². The largest absolute Gasteiger partial charge is 0.493 e. The molecule has 0 saturated heterocycles. The number of nitrogens with zero attached hydrogens (tertiary/aromatic N) is 1. The van der Waals surface area contributed by atoms with Crippen LogP contribution < -0.4 is 25.3 Å².